The largest absolute Gasteiger partial charge is 0.362 e. The van der Waals surface area contributed by atoms with E-state index in [1.807, 2.05) is 18.2 Å². The first-order valence-corrected chi connectivity index (χ1v) is 8.57. The third-order valence-corrected chi connectivity index (χ3v) is 5.41. The van der Waals surface area contributed by atoms with E-state index < -0.39 is 9.84 Å². The van der Waals surface area contributed by atoms with Crippen LogP contribution < -0.4 is 10.6 Å². The number of benzene rings is 1. The van der Waals surface area contributed by atoms with Crippen molar-refractivity contribution < 1.29 is 8.42 Å². The van der Waals surface area contributed by atoms with Crippen LogP contribution in [0.2, 0.25) is 5.02 Å². The smallest absolute Gasteiger partial charge is 0.170 e. The van der Waals surface area contributed by atoms with Crippen molar-refractivity contribution in [2.75, 3.05) is 23.4 Å². The van der Waals surface area contributed by atoms with Gasteiger partial charge in [0.1, 0.15) is 0 Å². The van der Waals surface area contributed by atoms with Crippen molar-refractivity contribution in [2.45, 2.75) is 6.42 Å². The van der Waals surface area contributed by atoms with E-state index in [0.29, 0.717) is 23.1 Å². The number of rotatable bonds is 3. The number of para-hydroxylation sites is 1. The quantitative estimate of drug-likeness (QED) is 0.836. The second kappa shape index (κ2) is 6.07. The molecular weight excluding hydrogens is 304 g/mol. The van der Waals surface area contributed by atoms with Crippen LogP contribution in [0.3, 0.4) is 0 Å². The average Bonchev–Trinajstić information content (AvgIpc) is 2.69. The van der Waals surface area contributed by atoms with Gasteiger partial charge in [-0.2, -0.15) is 0 Å². The molecule has 1 aromatic rings. The molecule has 0 bridgehead atoms. The molecule has 1 heterocycles. The van der Waals surface area contributed by atoms with Gasteiger partial charge in [-0.1, -0.05) is 23.7 Å². The van der Waals surface area contributed by atoms with Gasteiger partial charge in [0.2, 0.25) is 0 Å². The van der Waals surface area contributed by atoms with Crippen molar-refractivity contribution in [3.63, 3.8) is 0 Å². The molecule has 2 N–H and O–H groups in total. The lowest BCUT2D eigenvalue weighted by Crippen LogP contribution is -2.33. The van der Waals surface area contributed by atoms with Gasteiger partial charge in [0.25, 0.3) is 0 Å². The first kappa shape index (κ1) is 14.6. The van der Waals surface area contributed by atoms with Gasteiger partial charge in [-0.15, -0.1) is 0 Å². The lowest BCUT2D eigenvalue weighted by Gasteiger charge is -2.14. The van der Waals surface area contributed by atoms with Crippen LogP contribution in [0.15, 0.2) is 24.3 Å². The predicted molar refractivity (Wildman–Crippen MR) is 82.4 cm³/mol. The molecule has 1 aliphatic heterocycles. The molecule has 7 heteroatoms. The summed E-state index contributed by atoms with van der Waals surface area (Å²) >= 11 is 11.2. The Morgan fingerprint density at radius 2 is 2.16 bits per heavy atom. The summed E-state index contributed by atoms with van der Waals surface area (Å²) in [6, 6.07) is 7.31. The van der Waals surface area contributed by atoms with E-state index in [2.05, 4.69) is 10.6 Å². The number of hydrogen-bond donors (Lipinski definition) is 2. The van der Waals surface area contributed by atoms with Crippen LogP contribution in [0.5, 0.6) is 0 Å². The Kier molecular flexibility index (Phi) is 4.65. The van der Waals surface area contributed by atoms with Gasteiger partial charge in [-0.3, -0.25) is 0 Å². The van der Waals surface area contributed by atoms with Gasteiger partial charge >= 0.3 is 0 Å². The number of thiocarbonyl (C=S) groups is 1. The van der Waals surface area contributed by atoms with Crippen LogP contribution in [0, 0.1) is 5.92 Å². The number of nitrogens with one attached hydrogen (secondary N) is 2. The molecule has 0 unspecified atom stereocenters. The van der Waals surface area contributed by atoms with Crippen LogP contribution in [0.4, 0.5) is 5.69 Å². The number of hydrogen-bond acceptors (Lipinski definition) is 3. The Bertz CT molecular complexity index is 575. The minimum absolute atomic E-state index is 0.135. The maximum atomic E-state index is 11.3. The van der Waals surface area contributed by atoms with Crippen LogP contribution in [0.25, 0.3) is 0 Å². The molecule has 1 saturated heterocycles. The highest BCUT2D eigenvalue weighted by molar-refractivity contribution is 7.91. The summed E-state index contributed by atoms with van der Waals surface area (Å²) in [6.07, 6.45) is 0.698. The molecule has 0 spiro atoms. The summed E-state index contributed by atoms with van der Waals surface area (Å²) in [5.74, 6) is 0.662. The van der Waals surface area contributed by atoms with E-state index in [1.54, 1.807) is 6.07 Å². The molecule has 0 radical (unpaired) electrons. The molecule has 1 aliphatic rings. The van der Waals surface area contributed by atoms with Crippen molar-refractivity contribution in [1.82, 2.24) is 5.32 Å². The van der Waals surface area contributed by atoms with E-state index in [4.69, 9.17) is 23.8 Å². The Balaban J connectivity index is 1.81. The molecule has 4 nitrogen and oxygen atoms in total. The van der Waals surface area contributed by atoms with Crippen molar-refractivity contribution in [2.24, 2.45) is 5.92 Å². The molecule has 0 amide bonds. The van der Waals surface area contributed by atoms with Crippen LogP contribution in [-0.2, 0) is 9.84 Å². The molecule has 1 aromatic carbocycles. The zero-order valence-electron chi connectivity index (χ0n) is 10.2. The first-order chi connectivity index (χ1) is 8.96. The number of anilines is 1. The second-order valence-corrected chi connectivity index (χ2v) is 7.63. The molecule has 1 atom stereocenters. The van der Waals surface area contributed by atoms with Crippen LogP contribution in [-0.4, -0.2) is 31.6 Å². The molecular formula is C12H15ClN2O2S2. The van der Waals surface area contributed by atoms with Crippen molar-refractivity contribution >= 4 is 44.5 Å². The Morgan fingerprint density at radius 1 is 1.42 bits per heavy atom. The number of halogens is 1. The van der Waals surface area contributed by atoms with Crippen LogP contribution in [0.1, 0.15) is 6.42 Å². The van der Waals surface area contributed by atoms with Gasteiger partial charge < -0.3 is 10.6 Å². The topological polar surface area (TPSA) is 58.2 Å². The minimum atomic E-state index is -2.83. The normalized spacial score (nSPS) is 21.0. The lowest BCUT2D eigenvalue weighted by molar-refractivity contribution is 0.574. The Hall–Kier alpha value is -0.850. The van der Waals surface area contributed by atoms with Gasteiger partial charge in [-0.25, -0.2) is 8.42 Å². The van der Waals surface area contributed by atoms with E-state index in [9.17, 15) is 8.42 Å². The fourth-order valence-corrected chi connectivity index (χ4v) is 4.24. The van der Waals surface area contributed by atoms with Gasteiger partial charge in [0, 0.05) is 6.54 Å². The predicted octanol–water partition coefficient (Wildman–Crippen LogP) is 2.06. The zero-order valence-corrected chi connectivity index (χ0v) is 12.6. The van der Waals surface area contributed by atoms with E-state index in [0.717, 1.165) is 5.69 Å². The molecule has 2 rings (SSSR count). The molecule has 0 aromatic heterocycles. The second-order valence-electron chi connectivity index (χ2n) is 4.58. The third-order valence-electron chi connectivity index (χ3n) is 3.00. The SMILES string of the molecule is O=S1(=O)CC[C@H](CNC(=S)Nc2ccccc2Cl)C1. The molecule has 0 aliphatic carbocycles. The highest BCUT2D eigenvalue weighted by atomic mass is 35.5. The van der Waals surface area contributed by atoms with Gasteiger partial charge in [0.15, 0.2) is 14.9 Å². The molecule has 1 fully saturated rings. The third kappa shape index (κ3) is 4.33. The first-order valence-electron chi connectivity index (χ1n) is 5.96. The average molecular weight is 319 g/mol. The summed E-state index contributed by atoms with van der Waals surface area (Å²) in [4.78, 5) is 0. The number of sulfone groups is 1. The Labute approximate surface area is 123 Å². The molecule has 19 heavy (non-hydrogen) atoms. The van der Waals surface area contributed by atoms with Crippen molar-refractivity contribution in [3.05, 3.63) is 29.3 Å². The van der Waals surface area contributed by atoms with E-state index >= 15 is 0 Å². The van der Waals surface area contributed by atoms with Gasteiger partial charge in [-0.05, 0) is 36.7 Å². The van der Waals surface area contributed by atoms with E-state index in [1.165, 1.54) is 0 Å². The highest BCUT2D eigenvalue weighted by Crippen LogP contribution is 2.20. The maximum absolute atomic E-state index is 11.3. The summed E-state index contributed by atoms with van der Waals surface area (Å²) in [5, 5.41) is 7.08. The fourth-order valence-electron chi connectivity index (χ4n) is 2.00. The monoisotopic (exact) mass is 318 g/mol. The molecule has 0 saturated carbocycles. The Morgan fingerprint density at radius 3 is 2.79 bits per heavy atom. The van der Waals surface area contributed by atoms with Crippen molar-refractivity contribution in [1.29, 1.82) is 0 Å². The van der Waals surface area contributed by atoms with Gasteiger partial charge in [0.05, 0.1) is 22.2 Å². The van der Waals surface area contributed by atoms with E-state index in [-0.39, 0.29) is 17.4 Å². The summed E-state index contributed by atoms with van der Waals surface area (Å²) in [5.41, 5.74) is 0.737. The highest BCUT2D eigenvalue weighted by Gasteiger charge is 2.27. The summed E-state index contributed by atoms with van der Waals surface area (Å²) in [6.45, 7) is 0.565. The summed E-state index contributed by atoms with van der Waals surface area (Å²) < 4.78 is 22.7. The minimum Gasteiger partial charge on any atom is -0.362 e. The standard InChI is InChI=1S/C12H15ClN2O2S2/c13-10-3-1-2-4-11(10)15-12(18)14-7-9-5-6-19(16,17)8-9/h1-4,9H,5-8H2,(H2,14,15,18)/t9-/m1/s1. The lowest BCUT2D eigenvalue weighted by atomic mass is 10.1. The molecule has 104 valence electrons. The van der Waals surface area contributed by atoms with Crippen LogP contribution >= 0.6 is 23.8 Å². The summed E-state index contributed by atoms with van der Waals surface area (Å²) in [7, 11) is -2.83. The van der Waals surface area contributed by atoms with Crippen molar-refractivity contribution in [3.8, 4) is 0 Å². The zero-order chi connectivity index (χ0) is 13.9. The fraction of sp³-hybridized carbons (Fsp3) is 0.417. The maximum Gasteiger partial charge on any atom is 0.170 e.